The lowest BCUT2D eigenvalue weighted by molar-refractivity contribution is -0.0269. The van der Waals surface area contributed by atoms with E-state index in [4.69, 9.17) is 4.74 Å². The molecule has 1 aromatic rings. The van der Waals surface area contributed by atoms with Crippen LogP contribution in [-0.4, -0.2) is 23.4 Å². The Balaban J connectivity index is 2.17. The second-order valence-corrected chi connectivity index (χ2v) is 4.29. The Bertz CT molecular complexity index is 395. The minimum absolute atomic E-state index is 0.277. The van der Waals surface area contributed by atoms with Gasteiger partial charge in [0, 0.05) is 19.4 Å². The van der Waals surface area contributed by atoms with Gasteiger partial charge in [0.1, 0.15) is 0 Å². The molecule has 1 N–H and O–H groups in total. The number of aliphatic hydroxyl groups is 1. The van der Waals surface area contributed by atoms with Crippen LogP contribution in [0.25, 0.3) is 0 Å². The van der Waals surface area contributed by atoms with Gasteiger partial charge in [-0.15, -0.1) is 0 Å². The number of hydrogen-bond acceptors (Lipinski definition) is 2. The molecule has 0 aromatic heterocycles. The third-order valence-electron chi connectivity index (χ3n) is 3.15. The molecule has 0 bridgehead atoms. The molecule has 88 valence electrons. The molecule has 4 heteroatoms. The highest BCUT2D eigenvalue weighted by Crippen LogP contribution is 2.29. The van der Waals surface area contributed by atoms with Crippen LogP contribution in [0, 0.1) is 11.6 Å². The van der Waals surface area contributed by atoms with Crippen LogP contribution in [-0.2, 0) is 11.2 Å². The summed E-state index contributed by atoms with van der Waals surface area (Å²) in [6.45, 7) is 2.29. The van der Waals surface area contributed by atoms with Crippen molar-refractivity contribution < 1.29 is 18.6 Å². The summed E-state index contributed by atoms with van der Waals surface area (Å²) in [5.74, 6) is -1.75. The molecule has 2 unspecified atom stereocenters. The maximum atomic E-state index is 13.0. The lowest BCUT2D eigenvalue weighted by Crippen LogP contribution is -2.38. The molecule has 1 fully saturated rings. The highest BCUT2D eigenvalue weighted by molar-refractivity contribution is 5.20. The number of halogens is 2. The van der Waals surface area contributed by atoms with Crippen LogP contribution in [0.2, 0.25) is 0 Å². The van der Waals surface area contributed by atoms with E-state index in [0.29, 0.717) is 18.6 Å². The number of benzene rings is 1. The van der Waals surface area contributed by atoms with Gasteiger partial charge in [0.05, 0.1) is 11.7 Å². The summed E-state index contributed by atoms with van der Waals surface area (Å²) in [5, 5.41) is 10.2. The van der Waals surface area contributed by atoms with Crippen molar-refractivity contribution in [1.82, 2.24) is 0 Å². The molecule has 1 heterocycles. The molecule has 0 radical (unpaired) electrons. The molecule has 0 spiro atoms. The Morgan fingerprint density at radius 2 is 2.19 bits per heavy atom. The first-order chi connectivity index (χ1) is 7.51. The fourth-order valence-corrected chi connectivity index (χ4v) is 2.01. The fourth-order valence-electron chi connectivity index (χ4n) is 2.01. The highest BCUT2D eigenvalue weighted by Gasteiger charge is 2.39. The summed E-state index contributed by atoms with van der Waals surface area (Å²) >= 11 is 0. The van der Waals surface area contributed by atoms with E-state index in [9.17, 15) is 13.9 Å². The van der Waals surface area contributed by atoms with Gasteiger partial charge in [-0.1, -0.05) is 6.07 Å². The zero-order chi connectivity index (χ0) is 11.8. The minimum Gasteiger partial charge on any atom is -0.387 e. The molecule has 0 aliphatic carbocycles. The Morgan fingerprint density at radius 3 is 2.75 bits per heavy atom. The van der Waals surface area contributed by atoms with Crippen LogP contribution in [0.4, 0.5) is 8.78 Å². The Labute approximate surface area is 92.9 Å². The number of ether oxygens (including phenoxy) is 1. The van der Waals surface area contributed by atoms with Gasteiger partial charge in [-0.2, -0.15) is 0 Å². The molecular formula is C12H14F2O2. The van der Waals surface area contributed by atoms with Crippen LogP contribution in [0.5, 0.6) is 0 Å². The highest BCUT2D eigenvalue weighted by atomic mass is 19.2. The standard InChI is InChI=1S/C12H14F2O2/c1-8-12(15,4-5-16-8)7-9-2-3-10(13)11(14)6-9/h2-3,6,8,15H,4-5,7H2,1H3. The van der Waals surface area contributed by atoms with Gasteiger partial charge in [0.15, 0.2) is 11.6 Å². The molecule has 16 heavy (non-hydrogen) atoms. The van der Waals surface area contributed by atoms with Crippen molar-refractivity contribution in [3.8, 4) is 0 Å². The summed E-state index contributed by atoms with van der Waals surface area (Å²) in [6, 6.07) is 3.69. The van der Waals surface area contributed by atoms with Gasteiger partial charge >= 0.3 is 0 Å². The molecule has 1 aliphatic heterocycles. The van der Waals surface area contributed by atoms with Crippen LogP contribution < -0.4 is 0 Å². The van der Waals surface area contributed by atoms with Gasteiger partial charge in [0.25, 0.3) is 0 Å². The zero-order valence-electron chi connectivity index (χ0n) is 9.04. The van der Waals surface area contributed by atoms with Gasteiger partial charge in [-0.25, -0.2) is 8.78 Å². The second kappa shape index (κ2) is 4.11. The number of rotatable bonds is 2. The van der Waals surface area contributed by atoms with Crippen molar-refractivity contribution in [2.24, 2.45) is 0 Å². The molecule has 0 saturated carbocycles. The SMILES string of the molecule is CC1OCCC1(O)Cc1ccc(F)c(F)c1. The maximum Gasteiger partial charge on any atom is 0.159 e. The summed E-state index contributed by atoms with van der Waals surface area (Å²) in [6.07, 6.45) is 0.527. The topological polar surface area (TPSA) is 29.5 Å². The molecular weight excluding hydrogens is 214 g/mol. The molecule has 0 amide bonds. The van der Waals surface area contributed by atoms with Crippen molar-refractivity contribution in [2.45, 2.75) is 31.5 Å². The average Bonchev–Trinajstić information content (AvgIpc) is 2.53. The fraction of sp³-hybridized carbons (Fsp3) is 0.500. The Kier molecular flexibility index (Phi) is 2.95. The predicted octanol–water partition coefficient (Wildman–Crippen LogP) is 2.05. The van der Waals surface area contributed by atoms with Crippen LogP contribution >= 0.6 is 0 Å². The lowest BCUT2D eigenvalue weighted by atomic mass is 9.89. The Morgan fingerprint density at radius 1 is 1.44 bits per heavy atom. The quantitative estimate of drug-likeness (QED) is 0.839. The second-order valence-electron chi connectivity index (χ2n) is 4.29. The van der Waals surface area contributed by atoms with E-state index < -0.39 is 17.2 Å². The largest absolute Gasteiger partial charge is 0.387 e. The Hall–Kier alpha value is -1.00. The van der Waals surface area contributed by atoms with Crippen LogP contribution in [0.15, 0.2) is 18.2 Å². The van der Waals surface area contributed by atoms with E-state index in [1.165, 1.54) is 6.07 Å². The van der Waals surface area contributed by atoms with E-state index in [0.717, 1.165) is 12.1 Å². The van der Waals surface area contributed by atoms with E-state index in [-0.39, 0.29) is 12.5 Å². The normalized spacial score (nSPS) is 29.6. The van der Waals surface area contributed by atoms with Gasteiger partial charge in [-0.3, -0.25) is 0 Å². The summed E-state index contributed by atoms with van der Waals surface area (Å²) in [4.78, 5) is 0. The van der Waals surface area contributed by atoms with Crippen LogP contribution in [0.1, 0.15) is 18.9 Å². The third kappa shape index (κ3) is 2.08. The van der Waals surface area contributed by atoms with Gasteiger partial charge in [0.2, 0.25) is 0 Å². The average molecular weight is 228 g/mol. The van der Waals surface area contributed by atoms with Gasteiger partial charge in [-0.05, 0) is 24.6 Å². The monoisotopic (exact) mass is 228 g/mol. The van der Waals surface area contributed by atoms with Crippen molar-refractivity contribution in [3.05, 3.63) is 35.4 Å². The molecule has 2 nitrogen and oxygen atoms in total. The summed E-state index contributed by atoms with van der Waals surface area (Å²) in [5.41, 5.74) is -0.386. The molecule has 2 rings (SSSR count). The van der Waals surface area contributed by atoms with E-state index in [1.807, 2.05) is 0 Å². The number of hydrogen-bond donors (Lipinski definition) is 1. The molecule has 1 saturated heterocycles. The van der Waals surface area contributed by atoms with Crippen molar-refractivity contribution in [1.29, 1.82) is 0 Å². The maximum absolute atomic E-state index is 13.0. The van der Waals surface area contributed by atoms with E-state index >= 15 is 0 Å². The first-order valence-electron chi connectivity index (χ1n) is 5.29. The summed E-state index contributed by atoms with van der Waals surface area (Å²) < 4.78 is 31.0. The van der Waals surface area contributed by atoms with Gasteiger partial charge < -0.3 is 9.84 Å². The van der Waals surface area contributed by atoms with Crippen molar-refractivity contribution in [2.75, 3.05) is 6.61 Å². The minimum atomic E-state index is -0.968. The molecule has 1 aromatic carbocycles. The first kappa shape index (κ1) is 11.5. The molecule has 1 aliphatic rings. The van der Waals surface area contributed by atoms with E-state index in [1.54, 1.807) is 6.92 Å². The van der Waals surface area contributed by atoms with Crippen LogP contribution in [0.3, 0.4) is 0 Å². The van der Waals surface area contributed by atoms with E-state index in [2.05, 4.69) is 0 Å². The zero-order valence-corrected chi connectivity index (χ0v) is 9.04. The summed E-state index contributed by atoms with van der Waals surface area (Å²) in [7, 11) is 0. The van der Waals surface area contributed by atoms with Crippen molar-refractivity contribution in [3.63, 3.8) is 0 Å². The predicted molar refractivity (Wildman–Crippen MR) is 55.0 cm³/mol. The third-order valence-corrected chi connectivity index (χ3v) is 3.15. The molecule has 2 atom stereocenters. The lowest BCUT2D eigenvalue weighted by Gasteiger charge is -2.26. The first-order valence-corrected chi connectivity index (χ1v) is 5.29. The smallest absolute Gasteiger partial charge is 0.159 e. The van der Waals surface area contributed by atoms with Crippen molar-refractivity contribution >= 4 is 0 Å².